The molecule has 1 aliphatic rings. The van der Waals surface area contributed by atoms with E-state index in [4.69, 9.17) is 0 Å². The Kier molecular flexibility index (Phi) is 5.03. The molecule has 3 aromatic rings. The minimum atomic E-state index is -0.267. The van der Waals surface area contributed by atoms with E-state index in [2.05, 4.69) is 45.4 Å². The van der Waals surface area contributed by atoms with E-state index < -0.39 is 0 Å². The number of piperidine rings is 1. The van der Waals surface area contributed by atoms with Crippen molar-refractivity contribution in [3.8, 4) is 0 Å². The van der Waals surface area contributed by atoms with Crippen molar-refractivity contribution >= 4 is 16.8 Å². The standard InChI is InChI=1S/C22H26N4O/c1-16-8-9-20-21(14-16)24-26(23-20)22(17(2)27)19-10-12-25(13-11-19)15-18-6-4-3-5-7-18/h3-9,14,19,22H,10-13,15H2,1-2H3. The van der Waals surface area contributed by atoms with Crippen molar-refractivity contribution in [3.63, 3.8) is 0 Å². The second-order valence-electron chi connectivity index (χ2n) is 7.67. The quantitative estimate of drug-likeness (QED) is 0.693. The van der Waals surface area contributed by atoms with Gasteiger partial charge in [0, 0.05) is 6.54 Å². The molecule has 2 heterocycles. The van der Waals surface area contributed by atoms with Crippen LogP contribution in [0.5, 0.6) is 0 Å². The number of aryl methyl sites for hydroxylation is 1. The normalized spacial score (nSPS) is 17.3. The van der Waals surface area contributed by atoms with E-state index in [1.165, 1.54) is 5.56 Å². The van der Waals surface area contributed by atoms with Crippen molar-refractivity contribution in [1.29, 1.82) is 0 Å². The van der Waals surface area contributed by atoms with Gasteiger partial charge in [-0.05, 0) is 69.0 Å². The van der Waals surface area contributed by atoms with Crippen LogP contribution >= 0.6 is 0 Å². The van der Waals surface area contributed by atoms with Crippen LogP contribution in [0.3, 0.4) is 0 Å². The first-order valence-electron chi connectivity index (χ1n) is 9.70. The summed E-state index contributed by atoms with van der Waals surface area (Å²) in [4.78, 5) is 16.6. The van der Waals surface area contributed by atoms with E-state index in [1.54, 1.807) is 11.7 Å². The zero-order valence-corrected chi connectivity index (χ0v) is 16.0. The average molecular weight is 362 g/mol. The number of carbonyl (C=O) groups is 1. The van der Waals surface area contributed by atoms with Gasteiger partial charge in [-0.2, -0.15) is 15.0 Å². The number of benzene rings is 2. The third-order valence-corrected chi connectivity index (χ3v) is 5.54. The van der Waals surface area contributed by atoms with Crippen LogP contribution in [0.15, 0.2) is 48.5 Å². The lowest BCUT2D eigenvalue weighted by molar-refractivity contribution is -0.122. The van der Waals surface area contributed by atoms with Crippen molar-refractivity contribution < 1.29 is 4.79 Å². The van der Waals surface area contributed by atoms with Crippen molar-refractivity contribution in [1.82, 2.24) is 19.9 Å². The molecule has 4 rings (SSSR count). The van der Waals surface area contributed by atoms with Crippen LogP contribution in [0.4, 0.5) is 0 Å². The molecule has 0 spiro atoms. The molecular formula is C22H26N4O. The Labute approximate surface area is 160 Å². The summed E-state index contributed by atoms with van der Waals surface area (Å²) in [6, 6.07) is 16.3. The SMILES string of the molecule is CC(=O)C(C1CCN(Cc2ccccc2)CC1)n1nc2ccc(C)cc2n1. The minimum Gasteiger partial charge on any atom is -0.299 e. The van der Waals surface area contributed by atoms with Crippen LogP contribution in [-0.4, -0.2) is 38.8 Å². The first-order chi connectivity index (χ1) is 13.1. The summed E-state index contributed by atoms with van der Waals surface area (Å²) >= 11 is 0. The number of hydrogen-bond donors (Lipinski definition) is 0. The van der Waals surface area contributed by atoms with Crippen LogP contribution in [0.2, 0.25) is 0 Å². The number of carbonyl (C=O) groups excluding carboxylic acids is 1. The summed E-state index contributed by atoms with van der Waals surface area (Å²) in [6.45, 7) is 6.69. The third kappa shape index (κ3) is 3.93. The highest BCUT2D eigenvalue weighted by Gasteiger charge is 2.32. The topological polar surface area (TPSA) is 51.0 Å². The predicted octanol–water partition coefficient (Wildman–Crippen LogP) is 3.78. The summed E-state index contributed by atoms with van der Waals surface area (Å²) in [5.74, 6) is 0.436. The summed E-state index contributed by atoms with van der Waals surface area (Å²) < 4.78 is 0. The van der Waals surface area contributed by atoms with Crippen molar-refractivity contribution in [2.45, 2.75) is 39.3 Å². The molecule has 2 aromatic carbocycles. The average Bonchev–Trinajstić information content (AvgIpc) is 3.06. The lowest BCUT2D eigenvalue weighted by atomic mass is 9.87. The molecule has 5 nitrogen and oxygen atoms in total. The molecular weight excluding hydrogens is 336 g/mol. The Morgan fingerprint density at radius 3 is 2.48 bits per heavy atom. The summed E-state index contributed by atoms with van der Waals surface area (Å²) in [5.41, 5.74) is 4.22. The number of likely N-dealkylation sites (tertiary alicyclic amines) is 1. The van der Waals surface area contributed by atoms with Crippen LogP contribution in [0, 0.1) is 12.8 Å². The third-order valence-electron chi connectivity index (χ3n) is 5.54. The highest BCUT2D eigenvalue weighted by Crippen LogP contribution is 2.30. The van der Waals surface area contributed by atoms with Gasteiger partial charge in [-0.25, -0.2) is 0 Å². The van der Waals surface area contributed by atoms with E-state index in [9.17, 15) is 4.79 Å². The van der Waals surface area contributed by atoms with Gasteiger partial charge in [0.25, 0.3) is 0 Å². The van der Waals surface area contributed by atoms with Gasteiger partial charge in [-0.1, -0.05) is 36.4 Å². The van der Waals surface area contributed by atoms with Gasteiger partial charge in [0.05, 0.1) is 0 Å². The molecule has 0 radical (unpaired) electrons. The summed E-state index contributed by atoms with van der Waals surface area (Å²) in [6.07, 6.45) is 1.99. The molecule has 1 fully saturated rings. The van der Waals surface area contributed by atoms with Crippen LogP contribution in [0.25, 0.3) is 11.0 Å². The molecule has 1 unspecified atom stereocenters. The molecule has 140 valence electrons. The van der Waals surface area contributed by atoms with Gasteiger partial charge < -0.3 is 0 Å². The Morgan fingerprint density at radius 2 is 1.78 bits per heavy atom. The maximum Gasteiger partial charge on any atom is 0.156 e. The van der Waals surface area contributed by atoms with Crippen LogP contribution in [-0.2, 0) is 11.3 Å². The van der Waals surface area contributed by atoms with Crippen molar-refractivity contribution in [2.75, 3.05) is 13.1 Å². The van der Waals surface area contributed by atoms with Crippen LogP contribution < -0.4 is 0 Å². The van der Waals surface area contributed by atoms with Gasteiger partial charge in [-0.15, -0.1) is 0 Å². The Hall–Kier alpha value is -2.53. The number of Topliss-reactive ketones (excluding diaryl/α,β-unsaturated/α-hetero) is 1. The number of ketones is 1. The monoisotopic (exact) mass is 362 g/mol. The summed E-state index contributed by atoms with van der Waals surface area (Å²) in [7, 11) is 0. The van der Waals surface area contributed by atoms with E-state index >= 15 is 0 Å². The largest absolute Gasteiger partial charge is 0.299 e. The molecule has 1 aromatic heterocycles. The second kappa shape index (κ2) is 7.61. The fourth-order valence-corrected chi connectivity index (χ4v) is 4.12. The van der Waals surface area contributed by atoms with E-state index in [1.807, 2.05) is 25.1 Å². The molecule has 5 heteroatoms. The lowest BCUT2D eigenvalue weighted by Gasteiger charge is -2.34. The predicted molar refractivity (Wildman–Crippen MR) is 106 cm³/mol. The van der Waals surface area contributed by atoms with Gasteiger partial charge >= 0.3 is 0 Å². The zero-order valence-electron chi connectivity index (χ0n) is 16.0. The van der Waals surface area contributed by atoms with Gasteiger partial charge in [0.2, 0.25) is 0 Å². The minimum absolute atomic E-state index is 0.147. The number of hydrogen-bond acceptors (Lipinski definition) is 4. The van der Waals surface area contributed by atoms with Gasteiger partial charge in [0.15, 0.2) is 5.78 Å². The highest BCUT2D eigenvalue weighted by molar-refractivity contribution is 5.81. The van der Waals surface area contributed by atoms with Crippen molar-refractivity contribution in [3.05, 3.63) is 59.7 Å². The fourth-order valence-electron chi connectivity index (χ4n) is 4.12. The first-order valence-corrected chi connectivity index (χ1v) is 9.70. The zero-order chi connectivity index (χ0) is 18.8. The van der Waals surface area contributed by atoms with E-state index in [-0.39, 0.29) is 17.7 Å². The Morgan fingerprint density at radius 1 is 1.07 bits per heavy atom. The second-order valence-corrected chi connectivity index (χ2v) is 7.67. The number of rotatable bonds is 5. The molecule has 27 heavy (non-hydrogen) atoms. The molecule has 1 saturated heterocycles. The molecule has 0 amide bonds. The van der Waals surface area contributed by atoms with Crippen LogP contribution in [0.1, 0.15) is 36.9 Å². The lowest BCUT2D eigenvalue weighted by Crippen LogP contribution is -2.38. The van der Waals surface area contributed by atoms with E-state index in [0.29, 0.717) is 0 Å². The maximum absolute atomic E-state index is 12.4. The van der Waals surface area contributed by atoms with Crippen molar-refractivity contribution in [2.24, 2.45) is 5.92 Å². The molecule has 0 saturated carbocycles. The van der Waals surface area contributed by atoms with E-state index in [0.717, 1.165) is 49.1 Å². The highest BCUT2D eigenvalue weighted by atomic mass is 16.1. The summed E-state index contributed by atoms with van der Waals surface area (Å²) in [5, 5.41) is 9.24. The molecule has 1 atom stereocenters. The first kappa shape index (κ1) is 17.9. The Balaban J connectivity index is 1.47. The number of aromatic nitrogens is 3. The fraction of sp³-hybridized carbons (Fsp3) is 0.409. The molecule has 0 bridgehead atoms. The number of nitrogens with zero attached hydrogens (tertiary/aromatic N) is 4. The molecule has 0 aliphatic carbocycles. The van der Waals surface area contributed by atoms with Gasteiger partial charge in [0.1, 0.15) is 17.1 Å². The smallest absolute Gasteiger partial charge is 0.156 e. The molecule has 1 aliphatic heterocycles. The molecule has 0 N–H and O–H groups in total. The van der Waals surface area contributed by atoms with Gasteiger partial charge in [-0.3, -0.25) is 9.69 Å². The Bertz CT molecular complexity index is 926. The maximum atomic E-state index is 12.4. The number of fused-ring (bicyclic) bond motifs is 1.